The van der Waals surface area contributed by atoms with Gasteiger partial charge in [0.25, 0.3) is 12.9 Å². The highest BCUT2D eigenvalue weighted by molar-refractivity contribution is 5.74. The van der Waals surface area contributed by atoms with Gasteiger partial charge in [-0.25, -0.2) is 0 Å². The minimum Gasteiger partial charge on any atom is -0.410 e. The molecule has 11 rings (SSSR count). The SMILES string of the molecule is CC(=O)NC1C(O)[C@H](O[C@@H]2OC(CO)[C@H](O)[C@H](O[C@]3(OC=O)C[C@@H](O)[C@@H](C)C([C@H](O)[C@H](O)CO)O3)C2O)[C@H](CO)O[C@H]1OC1[C@@H](OCC2O[C@@H](O[C@@H]3C(CO)O[C@@H](O[C@@H]4C(CO)O[C@@H](C)C(NC(C)=O)[C@H]4O)C(NC(C)=O)[C@H]3O)C(O)[C@@H](O[C@H]3OC(CO)[C@@H](O)C(O)C3O[C@@H]3OC(CO)[C@@H](O[C@@H]4OC(CO)[C@H](O)[C@H](O[C@]5(OC=O)C[C@@H](O)[C@@H](C)C([C@H](O)[C@H](O)CO)O5)C4O)[C@H](O)C3NC(C)=O)[C@@H]2O)OC(CO)[C@@H](O)[C@@H]1O. The molecule has 63 heteroatoms. The van der Waals surface area contributed by atoms with Gasteiger partial charge in [0.05, 0.1) is 122 Å². The molecule has 0 aromatic carbocycles. The molecule has 63 nitrogen and oxygen atoms in total. The summed E-state index contributed by atoms with van der Waals surface area (Å²) in [6, 6.07) is -7.43. The van der Waals surface area contributed by atoms with Gasteiger partial charge in [-0.3, -0.25) is 28.8 Å². The number of hydrogen-bond donors (Lipinski definition) is 34. The number of hydrogen-bond acceptors (Lipinski definition) is 59. The van der Waals surface area contributed by atoms with Gasteiger partial charge in [-0.05, 0) is 6.92 Å². The maximum absolute atomic E-state index is 13.4. The standard InChI is InChI=1S/C83H138N4O59/c1-23-30(104)8-82(125-21-98,143-63(23)47(108)32(106)10-88)145-70-51(112)36(14-92)128-78(61(70)122)138-67-40(18-96)133-75(45(56(67)117)86-28(6)102)141-72-58(119)49(110)34(12-90)130-80(72)124-20-42-53(114)69(60(121)77(135-42)137-66-39(17-95)132-74(44(55(66)116)85-27(5)101)136-65-38(16-94)127-25(3)43(54(65)115)84-26(4)100)140-81-73(59(120)50(111)35(13-91)131-81)142-76-46(87-29(7)103)57(118)68(41(19-97)134-76)139-79-62(123)71(52(113)37(15-93)129-79)146-83(126-22-99)9-31(105)24(2)64(144-83)48(109)33(107)11-89/h21-25,30-81,88-97,104-123H,8-20H2,1-7H3,(H,84,100)(H,85,101)(H,86,102)(H,87,103)/t23-,24-,25+,30-,31-,32-,33-,34?,35?,36?,37?,38?,39?,40+,41?,42?,43?,44?,45?,46?,47-,48-,49-,50-,51+,52+,53-,54-,55-,56?,57-,58+,59?,60?,61?,62?,63?,64?,65-,66-,67-,68-,69+,70+,71+,72?,73?,74+,75+,76+,77+,78+,79+,80+,81-,82+,83+/m1/s1. The van der Waals surface area contributed by atoms with Gasteiger partial charge in [-0.2, -0.15) is 0 Å². The summed E-state index contributed by atoms with van der Waals surface area (Å²) in [6.07, 6.45) is -107. The molecule has 0 spiro atoms. The first-order chi connectivity index (χ1) is 69.1. The Kier molecular flexibility index (Phi) is 43.8. The second kappa shape index (κ2) is 52.8. The van der Waals surface area contributed by atoms with Crippen molar-refractivity contribution >= 4 is 36.6 Å². The molecule has 11 aliphatic rings. The maximum Gasteiger partial charge on any atom is 0.332 e. The van der Waals surface area contributed by atoms with Crippen LogP contribution in [0.4, 0.5) is 0 Å². The van der Waals surface area contributed by atoms with Crippen LogP contribution in [0.5, 0.6) is 0 Å². The number of carbonyl (C=O) groups is 6. The molecule has 21 unspecified atom stereocenters. The Morgan fingerprint density at radius 2 is 0.575 bits per heavy atom. The monoisotopic (exact) mass is 2130 g/mol. The van der Waals surface area contributed by atoms with E-state index in [9.17, 15) is 182 Å². The quantitative estimate of drug-likeness (QED) is 0.0199. The minimum atomic E-state index is -2.92. The van der Waals surface area contributed by atoms with Crippen molar-refractivity contribution < 1.29 is 291 Å². The molecular weight excluding hydrogens is 2000 g/mol. The third-order valence-corrected chi connectivity index (χ3v) is 27.3. The van der Waals surface area contributed by atoms with Gasteiger partial charge in [-0.1, -0.05) is 13.8 Å². The summed E-state index contributed by atoms with van der Waals surface area (Å²) >= 11 is 0. The molecule has 0 aromatic rings. The Balaban J connectivity index is 0.906. The maximum atomic E-state index is 13.4. The van der Waals surface area contributed by atoms with E-state index < -0.39 is 458 Å². The topological polar surface area (TPSA) is 970 Å². The summed E-state index contributed by atoms with van der Waals surface area (Å²) in [7, 11) is 0. The van der Waals surface area contributed by atoms with Crippen molar-refractivity contribution in [2.75, 3.05) is 72.7 Å². The van der Waals surface area contributed by atoms with Crippen LogP contribution >= 0.6 is 0 Å². The predicted octanol–water partition coefficient (Wildman–Crippen LogP) is -22.3. The highest BCUT2D eigenvalue weighted by Crippen LogP contribution is 2.46. The zero-order valence-electron chi connectivity index (χ0n) is 79.4. The second-order valence-electron chi connectivity index (χ2n) is 37.4. The Morgan fingerprint density at radius 1 is 0.308 bits per heavy atom. The zero-order chi connectivity index (χ0) is 108. The highest BCUT2D eigenvalue weighted by Gasteiger charge is 2.65. The number of carbonyl (C=O) groups excluding carboxylic acids is 6. The van der Waals surface area contributed by atoms with E-state index in [1.54, 1.807) is 0 Å². The van der Waals surface area contributed by atoms with Gasteiger partial charge in [-0.15, -0.1) is 0 Å². The lowest BCUT2D eigenvalue weighted by atomic mass is 9.86. The first-order valence-corrected chi connectivity index (χ1v) is 46.9. The van der Waals surface area contributed by atoms with E-state index in [0.29, 0.717) is 0 Å². The molecule has 11 heterocycles. The lowest BCUT2D eigenvalue weighted by Crippen LogP contribution is -2.71. The molecule has 0 saturated carbocycles. The molecule has 146 heavy (non-hydrogen) atoms. The van der Waals surface area contributed by atoms with E-state index in [2.05, 4.69) is 21.3 Å². The Bertz CT molecular complexity index is 4070. The number of ether oxygens (including phenoxy) is 23. The first kappa shape index (κ1) is 121. The molecule has 4 amide bonds. The average Bonchev–Trinajstić information content (AvgIpc) is 0.761. The van der Waals surface area contributed by atoms with Crippen molar-refractivity contribution in [3.63, 3.8) is 0 Å². The number of amides is 4. The van der Waals surface area contributed by atoms with Gasteiger partial charge in [0.2, 0.25) is 23.6 Å². The fourth-order valence-corrected chi connectivity index (χ4v) is 19.3. The lowest BCUT2D eigenvalue weighted by molar-refractivity contribution is -0.449. The lowest BCUT2D eigenvalue weighted by Gasteiger charge is -2.51. The third-order valence-electron chi connectivity index (χ3n) is 27.3. The van der Waals surface area contributed by atoms with Crippen LogP contribution in [0.2, 0.25) is 0 Å². The summed E-state index contributed by atoms with van der Waals surface area (Å²) in [5.74, 6) is -11.8. The van der Waals surface area contributed by atoms with Gasteiger partial charge in [0.15, 0.2) is 50.3 Å². The summed E-state index contributed by atoms with van der Waals surface area (Å²) < 4.78 is 137. The summed E-state index contributed by atoms with van der Waals surface area (Å²) in [6.45, 7) is -5.61. The number of aliphatic hydroxyl groups excluding tert-OH is 30. The van der Waals surface area contributed by atoms with E-state index in [0.717, 1.165) is 27.7 Å². The van der Waals surface area contributed by atoms with Crippen molar-refractivity contribution in [3.8, 4) is 0 Å². The van der Waals surface area contributed by atoms with E-state index in [4.69, 9.17) is 109 Å². The molecule has 0 radical (unpaired) electrons. The molecule has 34 N–H and O–H groups in total. The van der Waals surface area contributed by atoms with E-state index >= 15 is 0 Å². The van der Waals surface area contributed by atoms with Crippen LogP contribution in [0.3, 0.4) is 0 Å². The largest absolute Gasteiger partial charge is 0.410 e. The van der Waals surface area contributed by atoms with Gasteiger partial charge in [0.1, 0.15) is 238 Å². The van der Waals surface area contributed by atoms with Crippen molar-refractivity contribution in [1.29, 1.82) is 0 Å². The van der Waals surface area contributed by atoms with Crippen LogP contribution in [0.15, 0.2) is 0 Å². The van der Waals surface area contributed by atoms with E-state index in [1.807, 2.05) is 0 Å². The molecule has 844 valence electrons. The molecule has 0 aromatic heterocycles. The Morgan fingerprint density at radius 3 is 0.911 bits per heavy atom. The van der Waals surface area contributed by atoms with Crippen molar-refractivity contribution in [2.45, 2.75) is 398 Å². The molecular formula is C83H138N4O59. The van der Waals surface area contributed by atoms with Crippen molar-refractivity contribution in [3.05, 3.63) is 0 Å². The molecule has 57 atom stereocenters. The van der Waals surface area contributed by atoms with E-state index in [-0.39, 0.29) is 12.9 Å². The summed E-state index contributed by atoms with van der Waals surface area (Å²) in [4.78, 5) is 76.6. The molecule has 11 saturated heterocycles. The number of nitrogens with one attached hydrogen (secondary N) is 4. The molecule has 11 fully saturated rings. The highest BCUT2D eigenvalue weighted by atomic mass is 16.9. The normalized spacial score (nSPS) is 47.5. The Hall–Kier alpha value is -5.22. The predicted molar refractivity (Wildman–Crippen MR) is 452 cm³/mol. The van der Waals surface area contributed by atoms with Crippen LogP contribution in [0.1, 0.15) is 61.3 Å². The smallest absolute Gasteiger partial charge is 0.332 e. The minimum absolute atomic E-state index is 0.264. The first-order valence-electron chi connectivity index (χ1n) is 46.9. The van der Waals surface area contributed by atoms with Gasteiger partial charge >= 0.3 is 11.9 Å². The molecule has 0 aliphatic carbocycles. The van der Waals surface area contributed by atoms with Crippen LogP contribution < -0.4 is 21.3 Å². The number of aliphatic hydroxyl groups is 30. The van der Waals surface area contributed by atoms with Crippen LogP contribution in [0, 0.1) is 11.8 Å². The van der Waals surface area contributed by atoms with Gasteiger partial charge in [0, 0.05) is 39.5 Å². The summed E-state index contributed by atoms with van der Waals surface area (Å²) in [5, 5.41) is 351. The fraction of sp³-hybridized carbons (Fsp3) is 0.928. The third kappa shape index (κ3) is 26.8. The zero-order valence-corrected chi connectivity index (χ0v) is 79.4. The molecule has 0 bridgehead atoms. The van der Waals surface area contributed by atoms with Crippen molar-refractivity contribution in [2.24, 2.45) is 11.8 Å². The average molecular weight is 2140 g/mol. The Labute approximate surface area is 828 Å². The summed E-state index contributed by atoms with van der Waals surface area (Å²) in [5.41, 5.74) is 0. The van der Waals surface area contributed by atoms with Gasteiger partial charge < -0.3 is 283 Å². The van der Waals surface area contributed by atoms with E-state index in [1.165, 1.54) is 20.8 Å². The molecule has 11 aliphatic heterocycles. The van der Waals surface area contributed by atoms with Crippen LogP contribution in [0.25, 0.3) is 0 Å². The van der Waals surface area contributed by atoms with Crippen LogP contribution in [-0.4, -0.2) is 599 Å². The second-order valence-corrected chi connectivity index (χ2v) is 37.4. The number of rotatable bonds is 43. The van der Waals surface area contributed by atoms with Crippen molar-refractivity contribution in [1.82, 2.24) is 21.3 Å². The fourth-order valence-electron chi connectivity index (χ4n) is 19.3. The van der Waals surface area contributed by atoms with Crippen LogP contribution in [-0.2, 0) is 138 Å².